The molecule has 2 aromatic heterocycles. The molecule has 0 aliphatic carbocycles. The van der Waals surface area contributed by atoms with Crippen molar-refractivity contribution < 1.29 is 4.39 Å². The van der Waals surface area contributed by atoms with Gasteiger partial charge in [0.2, 0.25) is 5.95 Å². The molecule has 158 valence electrons. The second-order valence-corrected chi connectivity index (χ2v) is 9.16. The minimum atomic E-state index is -0.458. The fraction of sp³-hybridized carbons (Fsp3) is 0.409. The van der Waals surface area contributed by atoms with Crippen LogP contribution < -0.4 is 16.0 Å². The first-order chi connectivity index (χ1) is 14.2. The van der Waals surface area contributed by atoms with Crippen molar-refractivity contribution in [1.82, 2.24) is 25.1 Å². The van der Waals surface area contributed by atoms with Crippen LogP contribution in [0.5, 0.6) is 0 Å². The van der Waals surface area contributed by atoms with Gasteiger partial charge in [0, 0.05) is 35.2 Å². The van der Waals surface area contributed by atoms with Crippen LogP contribution in [0, 0.1) is 5.82 Å². The topological polar surface area (TPSA) is 79.7 Å². The minimum absolute atomic E-state index is 0.0447. The Bertz CT molecular complexity index is 998. The highest BCUT2D eigenvalue weighted by molar-refractivity contribution is 5.58. The Morgan fingerprint density at radius 1 is 1.13 bits per heavy atom. The number of piperidine rings is 1. The van der Waals surface area contributed by atoms with Crippen LogP contribution in [0.25, 0.3) is 5.69 Å². The van der Waals surface area contributed by atoms with Gasteiger partial charge < -0.3 is 16.0 Å². The number of nitrogens with one attached hydrogen (secondary N) is 3. The zero-order valence-electron chi connectivity index (χ0n) is 17.8. The lowest BCUT2D eigenvalue weighted by molar-refractivity contribution is 0.170. The van der Waals surface area contributed by atoms with E-state index < -0.39 is 5.82 Å². The summed E-state index contributed by atoms with van der Waals surface area (Å²) in [4.78, 5) is 8.50. The van der Waals surface area contributed by atoms with Gasteiger partial charge in [0.05, 0.1) is 11.9 Å². The molecule has 1 aromatic carbocycles. The van der Waals surface area contributed by atoms with Gasteiger partial charge in [0.1, 0.15) is 0 Å². The molecule has 0 atom stereocenters. The molecule has 0 unspecified atom stereocenters. The van der Waals surface area contributed by atoms with Crippen LogP contribution >= 0.6 is 0 Å². The molecule has 0 saturated carbocycles. The van der Waals surface area contributed by atoms with Crippen molar-refractivity contribution >= 4 is 17.5 Å². The van der Waals surface area contributed by atoms with Crippen LogP contribution in [0.4, 0.5) is 21.8 Å². The van der Waals surface area contributed by atoms with Gasteiger partial charge in [-0.3, -0.25) is 0 Å². The quantitative estimate of drug-likeness (QED) is 0.584. The van der Waals surface area contributed by atoms with Gasteiger partial charge in [0.25, 0.3) is 0 Å². The highest BCUT2D eigenvalue weighted by Gasteiger charge is 2.38. The molecule has 3 aromatic rings. The van der Waals surface area contributed by atoms with Crippen molar-refractivity contribution in [3.05, 3.63) is 54.7 Å². The Labute approximate surface area is 176 Å². The molecule has 0 bridgehead atoms. The first-order valence-electron chi connectivity index (χ1n) is 10.1. The number of benzene rings is 1. The normalized spacial score (nSPS) is 18.2. The molecule has 0 spiro atoms. The molecule has 0 radical (unpaired) electrons. The van der Waals surface area contributed by atoms with E-state index in [1.165, 1.54) is 6.20 Å². The van der Waals surface area contributed by atoms with Gasteiger partial charge in [-0.05, 0) is 64.8 Å². The number of halogens is 1. The zero-order chi connectivity index (χ0) is 21.4. The molecule has 7 nitrogen and oxygen atoms in total. The Balaban J connectivity index is 1.52. The van der Waals surface area contributed by atoms with Gasteiger partial charge in [-0.2, -0.15) is 10.1 Å². The van der Waals surface area contributed by atoms with Crippen molar-refractivity contribution in [3.63, 3.8) is 0 Å². The second kappa shape index (κ2) is 7.68. The van der Waals surface area contributed by atoms with E-state index in [4.69, 9.17) is 0 Å². The summed E-state index contributed by atoms with van der Waals surface area (Å²) in [6, 6.07) is 9.69. The van der Waals surface area contributed by atoms with Crippen LogP contribution in [-0.2, 0) is 0 Å². The lowest BCUT2D eigenvalue weighted by Gasteiger charge is -2.46. The monoisotopic (exact) mass is 409 g/mol. The molecule has 3 heterocycles. The van der Waals surface area contributed by atoms with E-state index in [0.29, 0.717) is 5.95 Å². The molecule has 3 N–H and O–H groups in total. The van der Waals surface area contributed by atoms with Crippen molar-refractivity contribution in [2.45, 2.75) is 57.7 Å². The molecule has 1 saturated heterocycles. The number of aromatic nitrogens is 4. The van der Waals surface area contributed by atoms with Crippen LogP contribution in [0.15, 0.2) is 48.9 Å². The molecule has 1 aliphatic rings. The highest BCUT2D eigenvalue weighted by atomic mass is 19.1. The Morgan fingerprint density at radius 2 is 1.90 bits per heavy atom. The van der Waals surface area contributed by atoms with E-state index in [2.05, 4.69) is 58.7 Å². The Kier molecular flexibility index (Phi) is 5.19. The maximum Gasteiger partial charge on any atom is 0.229 e. The molecule has 8 heteroatoms. The fourth-order valence-corrected chi connectivity index (χ4v) is 4.42. The van der Waals surface area contributed by atoms with Gasteiger partial charge >= 0.3 is 0 Å². The van der Waals surface area contributed by atoms with Crippen molar-refractivity contribution in [1.29, 1.82) is 0 Å². The van der Waals surface area contributed by atoms with Crippen LogP contribution in [0.2, 0.25) is 0 Å². The van der Waals surface area contributed by atoms with Crippen molar-refractivity contribution in [2.75, 3.05) is 10.6 Å². The van der Waals surface area contributed by atoms with Gasteiger partial charge in [0.15, 0.2) is 11.6 Å². The lowest BCUT2D eigenvalue weighted by Crippen LogP contribution is -2.60. The molecular weight excluding hydrogens is 381 g/mol. The molecule has 4 rings (SSSR count). The number of hydrogen-bond donors (Lipinski definition) is 3. The van der Waals surface area contributed by atoms with Crippen LogP contribution in [-0.4, -0.2) is 36.9 Å². The molecule has 30 heavy (non-hydrogen) atoms. The summed E-state index contributed by atoms with van der Waals surface area (Å²) in [6.07, 6.45) is 6.54. The molecular formula is C22H28FN7. The smallest absolute Gasteiger partial charge is 0.229 e. The number of rotatable bonds is 5. The van der Waals surface area contributed by atoms with Gasteiger partial charge in [-0.15, -0.1) is 0 Å². The Morgan fingerprint density at radius 3 is 2.60 bits per heavy atom. The number of anilines is 3. The fourth-order valence-electron chi connectivity index (χ4n) is 4.42. The maximum absolute atomic E-state index is 14.5. The summed E-state index contributed by atoms with van der Waals surface area (Å²) in [5.74, 6) is 0.0955. The van der Waals surface area contributed by atoms with E-state index in [-0.39, 0.29) is 22.9 Å². The molecule has 0 amide bonds. The third kappa shape index (κ3) is 4.76. The predicted octanol–water partition coefficient (Wildman–Crippen LogP) is 4.27. The standard InChI is InChI=1S/C22H28FN7/c1-21(2)12-16(13-22(3,4)29-21)26-19-18(23)14-24-20(28-19)27-15-7-5-8-17(11-15)30-10-6-9-25-30/h5-11,14,16,29H,12-13H2,1-4H3,(H2,24,26,27,28). The average Bonchev–Trinajstić information content (AvgIpc) is 3.17. The maximum atomic E-state index is 14.5. The number of hydrogen-bond acceptors (Lipinski definition) is 6. The molecule has 1 aliphatic heterocycles. The van der Waals surface area contributed by atoms with Crippen LogP contribution in [0.3, 0.4) is 0 Å². The largest absolute Gasteiger partial charge is 0.365 e. The van der Waals surface area contributed by atoms with Crippen LogP contribution in [0.1, 0.15) is 40.5 Å². The average molecular weight is 410 g/mol. The Hall–Kier alpha value is -3.00. The van der Waals surface area contributed by atoms with E-state index in [1.807, 2.05) is 36.5 Å². The summed E-state index contributed by atoms with van der Waals surface area (Å²) in [7, 11) is 0. The first-order valence-corrected chi connectivity index (χ1v) is 10.1. The molecule has 1 fully saturated rings. The summed E-state index contributed by atoms with van der Waals surface area (Å²) < 4.78 is 16.2. The number of nitrogens with zero attached hydrogens (tertiary/aromatic N) is 4. The summed E-state index contributed by atoms with van der Waals surface area (Å²) in [5.41, 5.74) is 1.61. The lowest BCUT2D eigenvalue weighted by atomic mass is 9.79. The van der Waals surface area contributed by atoms with Gasteiger partial charge in [-0.1, -0.05) is 6.07 Å². The zero-order valence-corrected chi connectivity index (χ0v) is 17.8. The minimum Gasteiger partial charge on any atom is -0.365 e. The van der Waals surface area contributed by atoms with E-state index in [1.54, 1.807) is 10.9 Å². The van der Waals surface area contributed by atoms with E-state index >= 15 is 0 Å². The third-order valence-electron chi connectivity index (χ3n) is 5.15. The highest BCUT2D eigenvalue weighted by Crippen LogP contribution is 2.31. The predicted molar refractivity (Wildman–Crippen MR) is 117 cm³/mol. The first kappa shape index (κ1) is 20.3. The summed E-state index contributed by atoms with van der Waals surface area (Å²) in [6.45, 7) is 8.66. The van der Waals surface area contributed by atoms with Crippen molar-refractivity contribution in [3.8, 4) is 5.69 Å². The second-order valence-electron chi connectivity index (χ2n) is 9.16. The van der Waals surface area contributed by atoms with E-state index in [9.17, 15) is 4.39 Å². The van der Waals surface area contributed by atoms with Crippen molar-refractivity contribution in [2.24, 2.45) is 0 Å². The SMILES string of the molecule is CC1(C)CC(Nc2nc(Nc3cccc(-n4cccn4)c3)ncc2F)CC(C)(C)N1. The van der Waals surface area contributed by atoms with Gasteiger partial charge in [-0.25, -0.2) is 14.1 Å². The third-order valence-corrected chi connectivity index (χ3v) is 5.15. The van der Waals surface area contributed by atoms with E-state index in [0.717, 1.165) is 24.2 Å². The summed E-state index contributed by atoms with van der Waals surface area (Å²) >= 11 is 0. The summed E-state index contributed by atoms with van der Waals surface area (Å²) in [5, 5.41) is 14.3.